The molecule has 0 aliphatic heterocycles. The van der Waals surface area contributed by atoms with Crippen molar-refractivity contribution in [3.8, 4) is 6.07 Å². The fourth-order valence-corrected chi connectivity index (χ4v) is 2.10. The largest absolute Gasteiger partial charge is 0.355 e. The van der Waals surface area contributed by atoms with Crippen molar-refractivity contribution in [1.82, 2.24) is 4.98 Å². The van der Waals surface area contributed by atoms with Crippen LogP contribution in [0.3, 0.4) is 0 Å². The van der Waals surface area contributed by atoms with Crippen LogP contribution in [0.1, 0.15) is 5.56 Å². The minimum Gasteiger partial charge on any atom is -0.355 e. The van der Waals surface area contributed by atoms with Gasteiger partial charge in [0, 0.05) is 27.9 Å². The number of hydrogen-bond acceptors (Lipinski definition) is 1. The Bertz CT molecular complexity index is 763. The van der Waals surface area contributed by atoms with Crippen LogP contribution in [0.15, 0.2) is 48.5 Å². The van der Waals surface area contributed by atoms with E-state index in [1.807, 2.05) is 36.4 Å². The van der Waals surface area contributed by atoms with Crippen molar-refractivity contribution in [2.45, 2.75) is 0 Å². The molecule has 1 unspecified atom stereocenters. The monoisotopic (exact) mass is 252 g/mol. The van der Waals surface area contributed by atoms with E-state index in [0.717, 1.165) is 16.6 Å². The van der Waals surface area contributed by atoms with Gasteiger partial charge < -0.3 is 4.98 Å². The minimum atomic E-state index is 0. The van der Waals surface area contributed by atoms with E-state index < -0.39 is 0 Å². The SMILES string of the molecule is N#CC=Cc1ccc2[nH]c3ccccc3c2c1.P. The number of H-pyrrole nitrogens is 1. The van der Waals surface area contributed by atoms with Crippen molar-refractivity contribution in [2.24, 2.45) is 0 Å². The van der Waals surface area contributed by atoms with Crippen LogP contribution < -0.4 is 0 Å². The van der Waals surface area contributed by atoms with Gasteiger partial charge >= 0.3 is 0 Å². The highest BCUT2D eigenvalue weighted by molar-refractivity contribution is 6.92. The number of fused-ring (bicyclic) bond motifs is 3. The molecule has 0 bridgehead atoms. The Labute approximate surface area is 109 Å². The van der Waals surface area contributed by atoms with E-state index in [4.69, 9.17) is 5.26 Å². The van der Waals surface area contributed by atoms with E-state index in [2.05, 4.69) is 23.2 Å². The number of aromatic nitrogens is 1. The molecule has 2 nitrogen and oxygen atoms in total. The van der Waals surface area contributed by atoms with Crippen molar-refractivity contribution >= 4 is 37.8 Å². The zero-order chi connectivity index (χ0) is 11.7. The molecule has 0 aliphatic carbocycles. The number of rotatable bonds is 1. The van der Waals surface area contributed by atoms with Crippen LogP contribution in [0, 0.1) is 11.3 Å². The molecule has 0 spiro atoms. The third-order valence-electron chi connectivity index (χ3n) is 2.88. The lowest BCUT2D eigenvalue weighted by Crippen LogP contribution is -1.72. The lowest BCUT2D eigenvalue weighted by Gasteiger charge is -1.94. The van der Waals surface area contributed by atoms with Gasteiger partial charge in [-0.3, -0.25) is 0 Å². The summed E-state index contributed by atoms with van der Waals surface area (Å²) in [6.45, 7) is 0. The van der Waals surface area contributed by atoms with Gasteiger partial charge in [-0.1, -0.05) is 24.3 Å². The summed E-state index contributed by atoms with van der Waals surface area (Å²) in [5.74, 6) is 0. The van der Waals surface area contributed by atoms with Crippen LogP contribution >= 0.6 is 9.90 Å². The molecule has 1 heterocycles. The molecule has 3 rings (SSSR count). The number of hydrogen-bond donors (Lipinski definition) is 1. The van der Waals surface area contributed by atoms with Gasteiger partial charge in [0.05, 0.1) is 6.07 Å². The van der Waals surface area contributed by atoms with E-state index in [1.165, 1.54) is 16.8 Å². The lowest BCUT2D eigenvalue weighted by molar-refractivity contribution is 1.53. The lowest BCUT2D eigenvalue weighted by atomic mass is 10.1. The number of nitriles is 1. The van der Waals surface area contributed by atoms with Crippen molar-refractivity contribution in [2.75, 3.05) is 0 Å². The Balaban J connectivity index is 0.00000120. The molecule has 18 heavy (non-hydrogen) atoms. The van der Waals surface area contributed by atoms with Crippen LogP contribution in [-0.2, 0) is 0 Å². The second kappa shape index (κ2) is 5.04. The van der Waals surface area contributed by atoms with Gasteiger partial charge in [-0.2, -0.15) is 15.2 Å². The van der Waals surface area contributed by atoms with Gasteiger partial charge in [-0.15, -0.1) is 0 Å². The maximum atomic E-state index is 8.53. The zero-order valence-corrected chi connectivity index (χ0v) is 11.3. The molecule has 1 N–H and O–H groups in total. The Morgan fingerprint density at radius 1 is 1.00 bits per heavy atom. The number of benzene rings is 2. The van der Waals surface area contributed by atoms with Crippen LogP contribution in [0.25, 0.3) is 27.9 Å². The summed E-state index contributed by atoms with van der Waals surface area (Å²) >= 11 is 0. The number of nitrogens with one attached hydrogen (secondary N) is 1. The molecule has 1 aromatic heterocycles. The molecule has 1 atom stereocenters. The third kappa shape index (κ3) is 2.01. The predicted octanol–water partition coefficient (Wildman–Crippen LogP) is 3.92. The Hall–Kier alpha value is -2.10. The fourth-order valence-electron chi connectivity index (χ4n) is 2.10. The number of aromatic amines is 1. The van der Waals surface area contributed by atoms with E-state index in [0.29, 0.717) is 0 Å². The predicted molar refractivity (Wildman–Crippen MR) is 81.6 cm³/mol. The number of nitrogens with zero attached hydrogens (tertiary/aromatic N) is 1. The molecule has 3 heteroatoms. The normalized spacial score (nSPS) is 10.6. The summed E-state index contributed by atoms with van der Waals surface area (Å²) in [6, 6.07) is 16.4. The molecular weight excluding hydrogens is 239 g/mol. The van der Waals surface area contributed by atoms with Crippen LogP contribution in [0.4, 0.5) is 0 Å². The first kappa shape index (κ1) is 12.4. The average molecular weight is 252 g/mol. The molecule has 0 amide bonds. The zero-order valence-electron chi connectivity index (χ0n) is 9.85. The molecule has 0 radical (unpaired) electrons. The van der Waals surface area contributed by atoms with E-state index in [9.17, 15) is 0 Å². The van der Waals surface area contributed by atoms with E-state index in [1.54, 1.807) is 0 Å². The molecular formula is C15H13N2P. The Morgan fingerprint density at radius 2 is 1.78 bits per heavy atom. The maximum absolute atomic E-state index is 8.53. The van der Waals surface area contributed by atoms with Gasteiger partial charge in [-0.25, -0.2) is 0 Å². The van der Waals surface area contributed by atoms with Crippen molar-refractivity contribution in [3.63, 3.8) is 0 Å². The Morgan fingerprint density at radius 3 is 2.61 bits per heavy atom. The minimum absolute atomic E-state index is 0. The highest BCUT2D eigenvalue weighted by Crippen LogP contribution is 2.26. The topological polar surface area (TPSA) is 39.6 Å². The first-order valence-corrected chi connectivity index (χ1v) is 5.45. The van der Waals surface area contributed by atoms with Crippen molar-refractivity contribution in [3.05, 3.63) is 54.1 Å². The van der Waals surface area contributed by atoms with Gasteiger partial charge in [0.15, 0.2) is 0 Å². The highest BCUT2D eigenvalue weighted by atomic mass is 31.0. The molecule has 2 aromatic carbocycles. The van der Waals surface area contributed by atoms with Crippen LogP contribution in [-0.4, -0.2) is 4.98 Å². The standard InChI is InChI=1S/C15H10N2.H3P/c16-9-3-4-11-7-8-15-13(10-11)12-5-1-2-6-14(12)17-15;/h1-8,10,17H;1H3. The van der Waals surface area contributed by atoms with Crippen LogP contribution in [0.5, 0.6) is 0 Å². The van der Waals surface area contributed by atoms with Crippen molar-refractivity contribution in [1.29, 1.82) is 5.26 Å². The number of allylic oxidation sites excluding steroid dienone is 1. The quantitative estimate of drug-likeness (QED) is 0.517. The molecule has 0 saturated heterocycles. The average Bonchev–Trinajstić information content (AvgIpc) is 2.74. The van der Waals surface area contributed by atoms with Gasteiger partial charge in [0.25, 0.3) is 0 Å². The van der Waals surface area contributed by atoms with Gasteiger partial charge in [-0.05, 0) is 29.8 Å². The van der Waals surface area contributed by atoms with Crippen molar-refractivity contribution < 1.29 is 0 Å². The summed E-state index contributed by atoms with van der Waals surface area (Å²) in [5, 5.41) is 10.9. The smallest absolute Gasteiger partial charge is 0.0912 e. The maximum Gasteiger partial charge on any atom is 0.0912 e. The molecule has 88 valence electrons. The summed E-state index contributed by atoms with van der Waals surface area (Å²) in [7, 11) is 0. The van der Waals surface area contributed by atoms with E-state index >= 15 is 0 Å². The van der Waals surface area contributed by atoms with Gasteiger partial charge in [0.1, 0.15) is 0 Å². The first-order chi connectivity index (χ1) is 8.38. The molecule has 0 saturated carbocycles. The molecule has 0 aliphatic rings. The van der Waals surface area contributed by atoms with Crippen LogP contribution in [0.2, 0.25) is 0 Å². The first-order valence-electron chi connectivity index (χ1n) is 5.45. The molecule has 3 aromatic rings. The van der Waals surface area contributed by atoms with E-state index in [-0.39, 0.29) is 9.90 Å². The fraction of sp³-hybridized carbons (Fsp3) is 0. The third-order valence-corrected chi connectivity index (χ3v) is 2.88. The highest BCUT2D eigenvalue weighted by Gasteiger charge is 2.02. The number of para-hydroxylation sites is 1. The summed E-state index contributed by atoms with van der Waals surface area (Å²) in [5.41, 5.74) is 3.31. The summed E-state index contributed by atoms with van der Waals surface area (Å²) in [4.78, 5) is 3.37. The summed E-state index contributed by atoms with van der Waals surface area (Å²) in [6.07, 6.45) is 3.32. The molecule has 0 fully saturated rings. The summed E-state index contributed by atoms with van der Waals surface area (Å²) < 4.78 is 0. The van der Waals surface area contributed by atoms with Gasteiger partial charge in [0.2, 0.25) is 0 Å². The Kier molecular flexibility index (Phi) is 3.46. The second-order valence-electron chi connectivity index (χ2n) is 3.94. The second-order valence-corrected chi connectivity index (χ2v) is 3.94.